The van der Waals surface area contributed by atoms with Gasteiger partial charge in [-0.15, -0.1) is 10.2 Å². The zero-order valence-corrected chi connectivity index (χ0v) is 18.3. The quantitative estimate of drug-likeness (QED) is 0.403. The van der Waals surface area contributed by atoms with Crippen LogP contribution in [0.1, 0.15) is 42.0 Å². The van der Waals surface area contributed by atoms with Crippen LogP contribution in [0.4, 0.5) is 5.69 Å². The number of hydrogen-bond acceptors (Lipinski definition) is 5. The molecular weight excluding hydrogens is 396 g/mol. The molecule has 1 amide bonds. The van der Waals surface area contributed by atoms with Gasteiger partial charge in [-0.05, 0) is 42.7 Å². The number of carbonyl (C=O) groups is 2. The summed E-state index contributed by atoms with van der Waals surface area (Å²) in [5, 5.41) is 12.0. The molecule has 0 aliphatic heterocycles. The maximum atomic E-state index is 12.6. The van der Waals surface area contributed by atoms with Gasteiger partial charge < -0.3 is 9.88 Å². The van der Waals surface area contributed by atoms with Crippen LogP contribution in [0.3, 0.4) is 0 Å². The standard InChI is InChI=1S/C23H26N4O2S/c1-16(2)13-22(29)24-20-11-9-19(10-12-20)21(28)15-30-23-26-25-17(3)27(23)14-18-7-5-4-6-8-18/h4-12,16H,13-15H2,1-3H3,(H,24,29). The van der Waals surface area contributed by atoms with Crippen LogP contribution >= 0.6 is 11.8 Å². The largest absolute Gasteiger partial charge is 0.326 e. The van der Waals surface area contributed by atoms with Crippen molar-refractivity contribution in [3.63, 3.8) is 0 Å². The minimum Gasteiger partial charge on any atom is -0.326 e. The van der Waals surface area contributed by atoms with Crippen LogP contribution in [-0.2, 0) is 11.3 Å². The summed E-state index contributed by atoms with van der Waals surface area (Å²) >= 11 is 1.38. The van der Waals surface area contributed by atoms with E-state index in [9.17, 15) is 9.59 Å². The highest BCUT2D eigenvalue weighted by Gasteiger charge is 2.14. The van der Waals surface area contributed by atoms with Gasteiger partial charge in [0.15, 0.2) is 10.9 Å². The van der Waals surface area contributed by atoms with E-state index in [1.54, 1.807) is 24.3 Å². The fourth-order valence-corrected chi connectivity index (χ4v) is 3.83. The Balaban J connectivity index is 1.59. The summed E-state index contributed by atoms with van der Waals surface area (Å²) in [6.07, 6.45) is 0.473. The minimum atomic E-state index is -0.0206. The lowest BCUT2D eigenvalue weighted by Gasteiger charge is -2.09. The summed E-state index contributed by atoms with van der Waals surface area (Å²) in [5.74, 6) is 1.37. The first-order valence-corrected chi connectivity index (χ1v) is 10.9. The molecule has 0 radical (unpaired) electrons. The number of nitrogens with one attached hydrogen (secondary N) is 1. The van der Waals surface area contributed by atoms with Crippen molar-refractivity contribution in [3.05, 3.63) is 71.5 Å². The fourth-order valence-electron chi connectivity index (χ4n) is 2.95. The third-order valence-corrected chi connectivity index (χ3v) is 5.47. The second kappa shape index (κ2) is 10.2. The summed E-state index contributed by atoms with van der Waals surface area (Å²) in [6.45, 7) is 6.58. The van der Waals surface area contributed by atoms with E-state index in [0.29, 0.717) is 30.1 Å². The van der Waals surface area contributed by atoms with Gasteiger partial charge in [-0.1, -0.05) is 55.9 Å². The second-order valence-corrected chi connectivity index (χ2v) is 8.48. The van der Waals surface area contributed by atoms with Gasteiger partial charge in [-0.25, -0.2) is 0 Å². The van der Waals surface area contributed by atoms with Gasteiger partial charge >= 0.3 is 0 Å². The molecule has 0 saturated heterocycles. The molecule has 0 atom stereocenters. The van der Waals surface area contributed by atoms with E-state index >= 15 is 0 Å². The summed E-state index contributed by atoms with van der Waals surface area (Å²) in [6, 6.07) is 17.1. The lowest BCUT2D eigenvalue weighted by molar-refractivity contribution is -0.116. The molecule has 156 valence electrons. The van der Waals surface area contributed by atoms with Crippen LogP contribution in [0.25, 0.3) is 0 Å². The smallest absolute Gasteiger partial charge is 0.224 e. The molecule has 7 heteroatoms. The zero-order chi connectivity index (χ0) is 21.5. The van der Waals surface area contributed by atoms with Crippen LogP contribution < -0.4 is 5.32 Å². The maximum absolute atomic E-state index is 12.6. The Morgan fingerprint density at radius 1 is 1.03 bits per heavy atom. The molecule has 0 unspecified atom stereocenters. The molecule has 0 fully saturated rings. The Bertz CT molecular complexity index is 998. The Kier molecular flexibility index (Phi) is 7.41. The SMILES string of the molecule is Cc1nnc(SCC(=O)c2ccc(NC(=O)CC(C)C)cc2)n1Cc1ccccc1. The Labute approximate surface area is 181 Å². The predicted octanol–water partition coefficient (Wildman–Crippen LogP) is 4.59. The van der Waals surface area contributed by atoms with E-state index < -0.39 is 0 Å². The van der Waals surface area contributed by atoms with Crippen molar-refractivity contribution in [2.75, 3.05) is 11.1 Å². The molecule has 1 N–H and O–H groups in total. The minimum absolute atomic E-state index is 0.00645. The van der Waals surface area contributed by atoms with Crippen LogP contribution in [0.2, 0.25) is 0 Å². The monoisotopic (exact) mass is 422 g/mol. The van der Waals surface area contributed by atoms with Gasteiger partial charge in [0.2, 0.25) is 5.91 Å². The normalized spacial score (nSPS) is 10.9. The Morgan fingerprint density at radius 3 is 2.40 bits per heavy atom. The number of carbonyl (C=O) groups excluding carboxylic acids is 2. The van der Waals surface area contributed by atoms with Crippen LogP contribution in [-0.4, -0.2) is 32.2 Å². The molecule has 3 rings (SSSR count). The molecule has 1 aromatic heterocycles. The average molecular weight is 423 g/mol. The van der Waals surface area contributed by atoms with Gasteiger partial charge in [0.1, 0.15) is 5.82 Å². The van der Waals surface area contributed by atoms with E-state index in [4.69, 9.17) is 0 Å². The highest BCUT2D eigenvalue weighted by molar-refractivity contribution is 7.99. The van der Waals surface area contributed by atoms with Gasteiger partial charge in [-0.2, -0.15) is 0 Å². The number of benzene rings is 2. The molecule has 0 aliphatic rings. The number of Topliss-reactive ketones (excluding diaryl/α,β-unsaturated/α-hetero) is 1. The number of aromatic nitrogens is 3. The summed E-state index contributed by atoms with van der Waals surface area (Å²) in [4.78, 5) is 24.5. The molecular formula is C23H26N4O2S. The van der Waals surface area contributed by atoms with E-state index in [0.717, 1.165) is 16.5 Å². The van der Waals surface area contributed by atoms with Crippen molar-refractivity contribution in [1.29, 1.82) is 0 Å². The molecule has 0 saturated carbocycles. The number of nitrogens with zero attached hydrogens (tertiary/aromatic N) is 3. The van der Waals surface area contributed by atoms with Crippen molar-refractivity contribution >= 4 is 29.1 Å². The molecule has 1 heterocycles. The van der Waals surface area contributed by atoms with E-state index in [2.05, 4.69) is 27.6 Å². The fraction of sp³-hybridized carbons (Fsp3) is 0.304. The highest BCUT2D eigenvalue weighted by Crippen LogP contribution is 2.20. The van der Waals surface area contributed by atoms with E-state index in [1.807, 2.05) is 43.5 Å². The number of amides is 1. The lowest BCUT2D eigenvalue weighted by Crippen LogP contribution is -2.14. The first kappa shape index (κ1) is 21.8. The lowest BCUT2D eigenvalue weighted by atomic mass is 10.1. The van der Waals surface area contributed by atoms with Crippen LogP contribution in [0.15, 0.2) is 59.8 Å². The van der Waals surface area contributed by atoms with Crippen molar-refractivity contribution in [2.45, 2.75) is 38.9 Å². The van der Waals surface area contributed by atoms with Crippen LogP contribution in [0.5, 0.6) is 0 Å². The Hall–Kier alpha value is -2.93. The number of anilines is 1. The highest BCUT2D eigenvalue weighted by atomic mass is 32.2. The van der Waals surface area contributed by atoms with Gasteiger partial charge in [0.25, 0.3) is 0 Å². The van der Waals surface area contributed by atoms with Gasteiger partial charge in [-0.3, -0.25) is 9.59 Å². The second-order valence-electron chi connectivity index (χ2n) is 7.54. The van der Waals surface area contributed by atoms with E-state index in [1.165, 1.54) is 11.8 Å². The van der Waals surface area contributed by atoms with E-state index in [-0.39, 0.29) is 17.4 Å². The van der Waals surface area contributed by atoms with Crippen molar-refractivity contribution in [2.24, 2.45) is 5.92 Å². The zero-order valence-electron chi connectivity index (χ0n) is 17.5. The number of hydrogen-bond donors (Lipinski definition) is 1. The molecule has 30 heavy (non-hydrogen) atoms. The topological polar surface area (TPSA) is 76.9 Å². The van der Waals surface area contributed by atoms with Crippen molar-refractivity contribution in [3.8, 4) is 0 Å². The maximum Gasteiger partial charge on any atom is 0.224 e. The van der Waals surface area contributed by atoms with Crippen LogP contribution in [0, 0.1) is 12.8 Å². The molecule has 0 spiro atoms. The number of thioether (sulfide) groups is 1. The summed E-state index contributed by atoms with van der Waals surface area (Å²) < 4.78 is 2.01. The predicted molar refractivity (Wildman–Crippen MR) is 120 cm³/mol. The first-order chi connectivity index (χ1) is 14.4. The third-order valence-electron chi connectivity index (χ3n) is 4.50. The average Bonchev–Trinajstić information content (AvgIpc) is 3.06. The molecule has 0 aliphatic carbocycles. The van der Waals surface area contributed by atoms with Gasteiger partial charge in [0.05, 0.1) is 12.3 Å². The Morgan fingerprint density at radius 2 is 1.73 bits per heavy atom. The molecule has 0 bridgehead atoms. The molecule has 6 nitrogen and oxygen atoms in total. The summed E-state index contributed by atoms with van der Waals surface area (Å²) in [5.41, 5.74) is 2.46. The first-order valence-electron chi connectivity index (χ1n) is 9.92. The number of rotatable bonds is 9. The molecule has 2 aromatic carbocycles. The molecule has 3 aromatic rings. The van der Waals surface area contributed by atoms with Gasteiger partial charge in [0, 0.05) is 17.7 Å². The third kappa shape index (κ3) is 6.03. The summed E-state index contributed by atoms with van der Waals surface area (Å²) in [7, 11) is 0. The number of aryl methyl sites for hydroxylation is 1. The van der Waals surface area contributed by atoms with Crippen molar-refractivity contribution in [1.82, 2.24) is 14.8 Å². The van der Waals surface area contributed by atoms with Crippen molar-refractivity contribution < 1.29 is 9.59 Å². The number of ketones is 1.